The maximum Gasteiger partial charge on any atom is 0.305 e. The molecule has 0 aliphatic carbocycles. The Morgan fingerprint density at radius 1 is 0.459 bits per heavy atom. The van der Waals surface area contributed by atoms with Gasteiger partial charge in [0.05, 0.1) is 25.4 Å². The van der Waals surface area contributed by atoms with Gasteiger partial charge in [0.1, 0.15) is 0 Å². The van der Waals surface area contributed by atoms with Crippen LogP contribution in [0.3, 0.4) is 0 Å². The molecule has 6 nitrogen and oxygen atoms in total. The van der Waals surface area contributed by atoms with Crippen LogP contribution in [0, 0.1) is 0 Å². The van der Waals surface area contributed by atoms with E-state index in [0.717, 1.165) is 51.4 Å². The zero-order valence-corrected chi connectivity index (χ0v) is 40.6. The van der Waals surface area contributed by atoms with Crippen molar-refractivity contribution in [2.75, 3.05) is 13.2 Å². The molecule has 0 bridgehead atoms. The molecule has 61 heavy (non-hydrogen) atoms. The largest absolute Gasteiger partial charge is 0.466 e. The molecule has 0 aliphatic rings. The Kier molecular flexibility index (Phi) is 49.1. The van der Waals surface area contributed by atoms with Crippen molar-refractivity contribution in [3.05, 3.63) is 36.5 Å². The second kappa shape index (κ2) is 50.7. The summed E-state index contributed by atoms with van der Waals surface area (Å²) >= 11 is 0. The third-order valence-electron chi connectivity index (χ3n) is 12.2. The number of ether oxygens (including phenoxy) is 1. The lowest BCUT2D eigenvalue weighted by Gasteiger charge is -2.20. The van der Waals surface area contributed by atoms with Crippen LogP contribution in [0.5, 0.6) is 0 Å². The minimum absolute atomic E-state index is 0.00640. The first-order valence-corrected chi connectivity index (χ1v) is 26.8. The molecule has 0 radical (unpaired) electrons. The minimum atomic E-state index is -0.845. The molecule has 0 aliphatic heterocycles. The second-order valence-corrected chi connectivity index (χ2v) is 18.2. The van der Waals surface area contributed by atoms with Crippen molar-refractivity contribution in [2.45, 2.75) is 289 Å². The maximum atomic E-state index is 12.4. The van der Waals surface area contributed by atoms with Crippen LogP contribution >= 0.6 is 0 Å². The van der Waals surface area contributed by atoms with Crippen LogP contribution in [0.2, 0.25) is 0 Å². The number of unbranched alkanes of at least 4 members (excludes halogenated alkanes) is 34. The molecule has 0 heterocycles. The smallest absolute Gasteiger partial charge is 0.305 e. The summed E-state index contributed by atoms with van der Waals surface area (Å²) in [6, 6.07) is -0.628. The van der Waals surface area contributed by atoms with Crippen molar-refractivity contribution < 1.29 is 24.5 Å². The second-order valence-electron chi connectivity index (χ2n) is 18.2. The van der Waals surface area contributed by atoms with Crippen molar-refractivity contribution in [2.24, 2.45) is 0 Å². The number of amides is 1. The average molecular weight is 858 g/mol. The number of rotatable bonds is 49. The van der Waals surface area contributed by atoms with E-state index in [2.05, 4.69) is 43.5 Å². The van der Waals surface area contributed by atoms with E-state index in [1.165, 1.54) is 199 Å². The monoisotopic (exact) mass is 858 g/mol. The highest BCUT2D eigenvalue weighted by Gasteiger charge is 2.18. The third-order valence-corrected chi connectivity index (χ3v) is 12.2. The van der Waals surface area contributed by atoms with E-state index in [-0.39, 0.29) is 18.5 Å². The van der Waals surface area contributed by atoms with Crippen LogP contribution in [0.15, 0.2) is 36.5 Å². The number of esters is 1. The summed E-state index contributed by atoms with van der Waals surface area (Å²) < 4.78 is 5.47. The normalized spacial score (nSPS) is 12.9. The zero-order chi connectivity index (χ0) is 44.4. The van der Waals surface area contributed by atoms with Gasteiger partial charge in [0.2, 0.25) is 5.91 Å². The molecule has 0 aromatic heterocycles. The SMILES string of the molecule is CCCCC/C=C\C/C=C\CCCCCCCC(=O)OCCCCCCCCCCCCCCCCCCCCCC(=O)NC(CO)C(O)/C=C/CCCCCCCCCC. The molecule has 0 saturated carbocycles. The van der Waals surface area contributed by atoms with Gasteiger partial charge in [-0.2, -0.15) is 0 Å². The highest BCUT2D eigenvalue weighted by molar-refractivity contribution is 5.76. The first-order valence-electron chi connectivity index (χ1n) is 26.8. The number of aliphatic hydroxyl groups excluding tert-OH is 2. The lowest BCUT2D eigenvalue weighted by molar-refractivity contribution is -0.143. The standard InChI is InChI=1S/C55H103NO5/c1-3-5-7-9-11-13-15-16-22-26-29-33-37-41-45-49-55(60)61-50-46-42-38-34-30-27-24-21-19-17-18-20-23-25-28-32-36-40-44-48-54(59)56-52(51-57)53(58)47-43-39-35-31-14-12-10-8-6-4-2/h11,13,16,22,43,47,52-53,57-58H,3-10,12,14-15,17-21,23-42,44-46,48-51H2,1-2H3,(H,56,59)/b13-11-,22-16-,47-43+. The van der Waals surface area contributed by atoms with Crippen LogP contribution in [0.1, 0.15) is 277 Å². The number of hydrogen-bond donors (Lipinski definition) is 3. The van der Waals surface area contributed by atoms with E-state index in [4.69, 9.17) is 4.74 Å². The minimum Gasteiger partial charge on any atom is -0.466 e. The van der Waals surface area contributed by atoms with E-state index in [9.17, 15) is 19.8 Å². The van der Waals surface area contributed by atoms with Gasteiger partial charge in [-0.3, -0.25) is 9.59 Å². The van der Waals surface area contributed by atoms with Crippen LogP contribution in [-0.4, -0.2) is 47.4 Å². The number of aliphatic hydroxyl groups is 2. The Morgan fingerprint density at radius 2 is 0.820 bits per heavy atom. The van der Waals surface area contributed by atoms with E-state index < -0.39 is 12.1 Å². The van der Waals surface area contributed by atoms with E-state index in [1.54, 1.807) is 6.08 Å². The molecule has 358 valence electrons. The topological polar surface area (TPSA) is 95.9 Å². The van der Waals surface area contributed by atoms with Crippen LogP contribution in [0.25, 0.3) is 0 Å². The fourth-order valence-electron chi connectivity index (χ4n) is 8.02. The van der Waals surface area contributed by atoms with E-state index in [1.807, 2.05) is 6.08 Å². The molecule has 0 fully saturated rings. The zero-order valence-electron chi connectivity index (χ0n) is 40.6. The Hall–Kier alpha value is -1.92. The van der Waals surface area contributed by atoms with Gasteiger partial charge >= 0.3 is 5.97 Å². The average Bonchev–Trinajstić information content (AvgIpc) is 3.26. The first kappa shape index (κ1) is 59.1. The van der Waals surface area contributed by atoms with Gasteiger partial charge in [0.25, 0.3) is 0 Å². The predicted molar refractivity (Wildman–Crippen MR) is 264 cm³/mol. The van der Waals surface area contributed by atoms with E-state index in [0.29, 0.717) is 19.4 Å². The van der Waals surface area contributed by atoms with E-state index >= 15 is 0 Å². The molecule has 0 aromatic carbocycles. The fourth-order valence-corrected chi connectivity index (χ4v) is 8.02. The summed E-state index contributed by atoms with van der Waals surface area (Å²) in [6.45, 7) is 4.84. The Bertz CT molecular complexity index is 993. The molecule has 1 amide bonds. The molecule has 6 heteroatoms. The highest BCUT2D eigenvalue weighted by atomic mass is 16.5. The molecule has 2 atom stereocenters. The quantitative estimate of drug-likeness (QED) is 0.0322. The van der Waals surface area contributed by atoms with Crippen LogP contribution in [0.4, 0.5) is 0 Å². The molecular weight excluding hydrogens is 755 g/mol. The number of nitrogens with one attached hydrogen (secondary N) is 1. The number of carbonyl (C=O) groups is 2. The molecule has 3 N–H and O–H groups in total. The molecule has 0 rings (SSSR count). The Morgan fingerprint density at radius 3 is 1.28 bits per heavy atom. The molecule has 2 unspecified atom stereocenters. The van der Waals surface area contributed by atoms with Gasteiger partial charge in [0.15, 0.2) is 0 Å². The molecule has 0 aromatic rings. The fraction of sp³-hybridized carbons (Fsp3) is 0.855. The van der Waals surface area contributed by atoms with Gasteiger partial charge in [-0.1, -0.05) is 237 Å². The highest BCUT2D eigenvalue weighted by Crippen LogP contribution is 2.16. The molecule has 0 saturated heterocycles. The number of allylic oxidation sites excluding steroid dienone is 5. The lowest BCUT2D eigenvalue weighted by atomic mass is 10.0. The summed E-state index contributed by atoms with van der Waals surface area (Å²) in [5, 5.41) is 22.9. The number of carbonyl (C=O) groups excluding carboxylic acids is 2. The summed E-state index contributed by atoms with van der Waals surface area (Å²) in [5.74, 6) is -0.0800. The third kappa shape index (κ3) is 47.4. The maximum absolute atomic E-state index is 12.4. The Balaban J connectivity index is 3.41. The van der Waals surface area contributed by atoms with Crippen molar-refractivity contribution in [3.8, 4) is 0 Å². The lowest BCUT2D eigenvalue weighted by Crippen LogP contribution is -2.45. The summed E-state index contributed by atoms with van der Waals surface area (Å²) in [6.07, 6.45) is 61.5. The number of hydrogen-bond acceptors (Lipinski definition) is 5. The first-order chi connectivity index (χ1) is 30.0. The van der Waals surface area contributed by atoms with Gasteiger partial charge < -0.3 is 20.3 Å². The predicted octanol–water partition coefficient (Wildman–Crippen LogP) is 16.1. The van der Waals surface area contributed by atoms with Gasteiger partial charge in [0, 0.05) is 12.8 Å². The Labute approximate surface area is 379 Å². The van der Waals surface area contributed by atoms with Crippen molar-refractivity contribution in [3.63, 3.8) is 0 Å². The summed E-state index contributed by atoms with van der Waals surface area (Å²) in [4.78, 5) is 24.4. The summed E-state index contributed by atoms with van der Waals surface area (Å²) in [7, 11) is 0. The van der Waals surface area contributed by atoms with Crippen LogP contribution < -0.4 is 5.32 Å². The van der Waals surface area contributed by atoms with Crippen molar-refractivity contribution in [1.82, 2.24) is 5.32 Å². The summed E-state index contributed by atoms with van der Waals surface area (Å²) in [5.41, 5.74) is 0. The molecular formula is C55H103NO5. The van der Waals surface area contributed by atoms with Gasteiger partial charge in [-0.15, -0.1) is 0 Å². The molecule has 0 spiro atoms. The van der Waals surface area contributed by atoms with Gasteiger partial charge in [-0.05, 0) is 64.2 Å². The van der Waals surface area contributed by atoms with Gasteiger partial charge in [-0.25, -0.2) is 0 Å². The van der Waals surface area contributed by atoms with Crippen molar-refractivity contribution >= 4 is 11.9 Å². The van der Waals surface area contributed by atoms with Crippen LogP contribution in [-0.2, 0) is 14.3 Å². The van der Waals surface area contributed by atoms with Crippen molar-refractivity contribution in [1.29, 1.82) is 0 Å².